The van der Waals surface area contributed by atoms with Gasteiger partial charge < -0.3 is 10.6 Å². The molecular weight excluding hydrogens is 212 g/mol. The van der Waals surface area contributed by atoms with Gasteiger partial charge in [-0.2, -0.15) is 0 Å². The summed E-state index contributed by atoms with van der Waals surface area (Å²) in [6.45, 7) is 2.82. The van der Waals surface area contributed by atoms with Gasteiger partial charge in [0, 0.05) is 24.8 Å². The molecule has 0 bridgehead atoms. The number of carbonyl (C=O) groups excluding carboxylic acids is 1. The van der Waals surface area contributed by atoms with E-state index in [1.165, 1.54) is 19.3 Å². The molecule has 92 valence electrons. The van der Waals surface area contributed by atoms with Crippen molar-refractivity contribution in [2.45, 2.75) is 26.2 Å². The highest BCUT2D eigenvalue weighted by Crippen LogP contribution is 2.27. The van der Waals surface area contributed by atoms with Crippen LogP contribution in [0.3, 0.4) is 0 Å². The monoisotopic (exact) mass is 232 g/mol. The zero-order chi connectivity index (χ0) is 12.4. The minimum Gasteiger partial charge on any atom is -0.399 e. The van der Waals surface area contributed by atoms with Crippen molar-refractivity contribution in [3.8, 4) is 0 Å². The molecule has 1 aliphatic carbocycles. The minimum atomic E-state index is 0.0849. The van der Waals surface area contributed by atoms with Crippen molar-refractivity contribution in [1.29, 1.82) is 0 Å². The number of nitrogens with zero attached hydrogens (tertiary/aromatic N) is 1. The Balaban J connectivity index is 2.09. The van der Waals surface area contributed by atoms with Gasteiger partial charge in [-0.25, -0.2) is 0 Å². The Kier molecular flexibility index (Phi) is 3.36. The first-order valence-corrected chi connectivity index (χ1v) is 6.19. The Morgan fingerprint density at radius 1 is 1.47 bits per heavy atom. The maximum absolute atomic E-state index is 12.3. The molecule has 0 aliphatic heterocycles. The quantitative estimate of drug-likeness (QED) is 0.814. The number of rotatable bonds is 3. The van der Waals surface area contributed by atoms with Gasteiger partial charge in [0.1, 0.15) is 0 Å². The van der Waals surface area contributed by atoms with Gasteiger partial charge in [0.05, 0.1) is 0 Å². The summed E-state index contributed by atoms with van der Waals surface area (Å²) < 4.78 is 0. The number of amides is 1. The summed E-state index contributed by atoms with van der Waals surface area (Å²) in [6.07, 6.45) is 3.82. The lowest BCUT2D eigenvalue weighted by molar-refractivity contribution is 0.0744. The van der Waals surface area contributed by atoms with Crippen molar-refractivity contribution in [3.63, 3.8) is 0 Å². The molecule has 1 saturated carbocycles. The summed E-state index contributed by atoms with van der Waals surface area (Å²) in [5.74, 6) is 0.784. The molecule has 3 nitrogen and oxygen atoms in total. The molecule has 1 aromatic carbocycles. The molecule has 0 heterocycles. The summed E-state index contributed by atoms with van der Waals surface area (Å²) >= 11 is 0. The summed E-state index contributed by atoms with van der Waals surface area (Å²) in [6, 6.07) is 5.51. The molecule has 3 heteroatoms. The average molecular weight is 232 g/mol. The molecule has 2 rings (SSSR count). The summed E-state index contributed by atoms with van der Waals surface area (Å²) in [7, 11) is 1.88. The van der Waals surface area contributed by atoms with Gasteiger partial charge in [-0.05, 0) is 43.4 Å². The summed E-state index contributed by atoms with van der Waals surface area (Å²) in [5, 5.41) is 0. The number of hydrogen-bond donors (Lipinski definition) is 1. The maximum atomic E-state index is 12.3. The normalized spacial score (nSPS) is 15.4. The molecule has 1 aliphatic rings. The van der Waals surface area contributed by atoms with Gasteiger partial charge in [-0.3, -0.25) is 4.79 Å². The second-order valence-electron chi connectivity index (χ2n) is 5.06. The lowest BCUT2D eigenvalue weighted by Crippen LogP contribution is -2.34. The number of nitrogen functional groups attached to an aromatic ring is 1. The smallest absolute Gasteiger partial charge is 0.253 e. The van der Waals surface area contributed by atoms with Crippen LogP contribution < -0.4 is 5.73 Å². The third-order valence-corrected chi connectivity index (χ3v) is 3.60. The van der Waals surface area contributed by atoms with Gasteiger partial charge >= 0.3 is 0 Å². The van der Waals surface area contributed by atoms with E-state index < -0.39 is 0 Å². The first-order chi connectivity index (χ1) is 8.08. The molecule has 1 fully saturated rings. The number of carbonyl (C=O) groups is 1. The number of benzene rings is 1. The number of anilines is 1. The largest absolute Gasteiger partial charge is 0.399 e. The van der Waals surface area contributed by atoms with E-state index in [0.29, 0.717) is 11.6 Å². The molecule has 0 atom stereocenters. The van der Waals surface area contributed by atoms with E-state index in [-0.39, 0.29) is 5.91 Å². The molecule has 1 aromatic rings. The van der Waals surface area contributed by atoms with Crippen LogP contribution in [0.2, 0.25) is 0 Å². The van der Waals surface area contributed by atoms with Gasteiger partial charge in [0.15, 0.2) is 0 Å². The second kappa shape index (κ2) is 4.78. The predicted octanol–water partition coefficient (Wildman–Crippen LogP) is 2.45. The Hall–Kier alpha value is -1.51. The minimum absolute atomic E-state index is 0.0849. The van der Waals surface area contributed by atoms with Gasteiger partial charge in [-0.1, -0.05) is 12.5 Å². The molecule has 0 spiro atoms. The van der Waals surface area contributed by atoms with Crippen LogP contribution in [-0.2, 0) is 0 Å². The van der Waals surface area contributed by atoms with E-state index in [1.807, 2.05) is 31.0 Å². The maximum Gasteiger partial charge on any atom is 0.253 e. The molecule has 0 unspecified atom stereocenters. The Morgan fingerprint density at radius 2 is 2.18 bits per heavy atom. The van der Waals surface area contributed by atoms with Crippen LogP contribution in [0.25, 0.3) is 0 Å². The first-order valence-electron chi connectivity index (χ1n) is 6.19. The summed E-state index contributed by atoms with van der Waals surface area (Å²) in [4.78, 5) is 14.1. The standard InChI is InChI=1S/C14H20N2O/c1-10-6-7-12(15)8-13(10)14(17)16(2)9-11-4-3-5-11/h6-8,11H,3-5,9,15H2,1-2H3. The van der Waals surface area contributed by atoms with E-state index >= 15 is 0 Å². The number of hydrogen-bond acceptors (Lipinski definition) is 2. The van der Waals surface area contributed by atoms with Gasteiger partial charge in [0.2, 0.25) is 0 Å². The molecular formula is C14H20N2O. The predicted molar refractivity (Wildman–Crippen MR) is 69.9 cm³/mol. The van der Waals surface area contributed by atoms with Crippen molar-refractivity contribution < 1.29 is 4.79 Å². The second-order valence-corrected chi connectivity index (χ2v) is 5.06. The zero-order valence-corrected chi connectivity index (χ0v) is 10.6. The molecule has 0 aromatic heterocycles. The number of nitrogens with two attached hydrogens (primary N) is 1. The van der Waals surface area contributed by atoms with E-state index in [0.717, 1.165) is 17.7 Å². The molecule has 0 saturated heterocycles. The molecule has 2 N–H and O–H groups in total. The fourth-order valence-electron chi connectivity index (χ4n) is 2.22. The SMILES string of the molecule is Cc1ccc(N)cc1C(=O)N(C)CC1CCC1. The third kappa shape index (κ3) is 2.60. The van der Waals surface area contributed by atoms with Crippen LogP contribution in [0.4, 0.5) is 5.69 Å². The summed E-state index contributed by atoms with van der Waals surface area (Å²) in [5.41, 5.74) is 8.10. The topological polar surface area (TPSA) is 46.3 Å². The highest BCUT2D eigenvalue weighted by atomic mass is 16.2. The fraction of sp³-hybridized carbons (Fsp3) is 0.500. The van der Waals surface area contributed by atoms with Crippen LogP contribution in [-0.4, -0.2) is 24.4 Å². The fourth-order valence-corrected chi connectivity index (χ4v) is 2.22. The average Bonchev–Trinajstić information content (AvgIpc) is 2.25. The number of aryl methyl sites for hydroxylation is 1. The third-order valence-electron chi connectivity index (χ3n) is 3.60. The molecule has 17 heavy (non-hydrogen) atoms. The highest BCUT2D eigenvalue weighted by Gasteiger charge is 2.22. The van der Waals surface area contributed by atoms with E-state index in [9.17, 15) is 4.79 Å². The highest BCUT2D eigenvalue weighted by molar-refractivity contribution is 5.96. The van der Waals surface area contributed by atoms with E-state index in [4.69, 9.17) is 5.73 Å². The lowest BCUT2D eigenvalue weighted by atomic mass is 9.85. The van der Waals surface area contributed by atoms with Crippen LogP contribution in [0, 0.1) is 12.8 Å². The van der Waals surface area contributed by atoms with Crippen LogP contribution >= 0.6 is 0 Å². The van der Waals surface area contributed by atoms with Crippen LogP contribution in [0.5, 0.6) is 0 Å². The Bertz CT molecular complexity index is 424. The Morgan fingerprint density at radius 3 is 2.76 bits per heavy atom. The molecule has 0 radical (unpaired) electrons. The van der Waals surface area contributed by atoms with Gasteiger partial charge in [0.25, 0.3) is 5.91 Å². The lowest BCUT2D eigenvalue weighted by Gasteiger charge is -2.30. The van der Waals surface area contributed by atoms with Crippen molar-refractivity contribution in [2.24, 2.45) is 5.92 Å². The zero-order valence-electron chi connectivity index (χ0n) is 10.6. The van der Waals surface area contributed by atoms with Crippen molar-refractivity contribution in [1.82, 2.24) is 4.90 Å². The Labute approximate surface area is 103 Å². The van der Waals surface area contributed by atoms with Crippen molar-refractivity contribution >= 4 is 11.6 Å². The van der Waals surface area contributed by atoms with Crippen molar-refractivity contribution in [2.75, 3.05) is 19.3 Å². The van der Waals surface area contributed by atoms with Crippen LogP contribution in [0.15, 0.2) is 18.2 Å². The van der Waals surface area contributed by atoms with Crippen LogP contribution in [0.1, 0.15) is 35.2 Å². The van der Waals surface area contributed by atoms with Crippen molar-refractivity contribution in [3.05, 3.63) is 29.3 Å². The van der Waals surface area contributed by atoms with E-state index in [2.05, 4.69) is 0 Å². The first kappa shape index (κ1) is 12.0. The van der Waals surface area contributed by atoms with E-state index in [1.54, 1.807) is 6.07 Å². The van der Waals surface area contributed by atoms with Gasteiger partial charge in [-0.15, -0.1) is 0 Å². The molecule has 1 amide bonds.